The SMILES string of the molecule is COCCCNC(=O)c1cc(C)nc(Nc2c(C(C)C)cccc2C(C)C)n1. The average molecular weight is 385 g/mol. The van der Waals surface area contributed by atoms with Gasteiger partial charge < -0.3 is 15.4 Å². The standard InChI is InChI=1S/C22H32N4O2/c1-14(2)17-9-7-10-18(15(3)4)20(17)26-22-24-16(5)13-19(25-22)21(27)23-11-8-12-28-6/h7,9-10,13-15H,8,11-12H2,1-6H3,(H,23,27)(H,24,25,26). The third kappa shape index (κ3) is 5.76. The van der Waals surface area contributed by atoms with E-state index in [1.165, 1.54) is 11.1 Å². The first-order valence-corrected chi connectivity index (χ1v) is 9.86. The Morgan fingerprint density at radius 1 is 1.11 bits per heavy atom. The molecule has 0 saturated heterocycles. The summed E-state index contributed by atoms with van der Waals surface area (Å²) in [6.07, 6.45) is 0.761. The van der Waals surface area contributed by atoms with Crippen LogP contribution in [0.4, 0.5) is 11.6 Å². The van der Waals surface area contributed by atoms with E-state index in [0.29, 0.717) is 36.6 Å². The predicted octanol–water partition coefficient (Wildman–Crippen LogP) is 4.54. The van der Waals surface area contributed by atoms with Crippen molar-refractivity contribution in [1.29, 1.82) is 0 Å². The summed E-state index contributed by atoms with van der Waals surface area (Å²) in [4.78, 5) is 21.4. The summed E-state index contributed by atoms with van der Waals surface area (Å²) in [6.45, 7) is 11.7. The number of carbonyl (C=O) groups is 1. The van der Waals surface area contributed by atoms with E-state index in [2.05, 4.69) is 66.5 Å². The van der Waals surface area contributed by atoms with Gasteiger partial charge in [0.05, 0.1) is 0 Å². The molecule has 0 radical (unpaired) electrons. The largest absolute Gasteiger partial charge is 0.385 e. The molecule has 1 amide bonds. The predicted molar refractivity (Wildman–Crippen MR) is 113 cm³/mol. The average Bonchev–Trinajstić information content (AvgIpc) is 2.64. The fourth-order valence-corrected chi connectivity index (χ4v) is 3.06. The van der Waals surface area contributed by atoms with Gasteiger partial charge in [-0.25, -0.2) is 9.97 Å². The highest BCUT2D eigenvalue weighted by atomic mass is 16.5. The molecule has 2 rings (SSSR count). The Hall–Kier alpha value is -2.47. The minimum atomic E-state index is -0.203. The molecule has 0 aliphatic rings. The molecule has 28 heavy (non-hydrogen) atoms. The van der Waals surface area contributed by atoms with Crippen LogP contribution in [0.25, 0.3) is 0 Å². The van der Waals surface area contributed by atoms with Crippen molar-refractivity contribution in [2.75, 3.05) is 25.6 Å². The summed E-state index contributed by atoms with van der Waals surface area (Å²) >= 11 is 0. The molecule has 2 N–H and O–H groups in total. The molecule has 0 aliphatic heterocycles. The molecule has 6 nitrogen and oxygen atoms in total. The molecule has 6 heteroatoms. The first-order chi connectivity index (χ1) is 13.3. The van der Waals surface area contributed by atoms with E-state index in [1.54, 1.807) is 13.2 Å². The van der Waals surface area contributed by atoms with Crippen molar-refractivity contribution in [2.24, 2.45) is 0 Å². The second-order valence-corrected chi connectivity index (χ2v) is 7.57. The van der Waals surface area contributed by atoms with Crippen molar-refractivity contribution < 1.29 is 9.53 Å². The van der Waals surface area contributed by atoms with Crippen LogP contribution in [0, 0.1) is 6.92 Å². The number of hydrogen-bond acceptors (Lipinski definition) is 5. The fraction of sp³-hybridized carbons (Fsp3) is 0.500. The Morgan fingerprint density at radius 3 is 2.32 bits per heavy atom. The van der Waals surface area contributed by atoms with Crippen molar-refractivity contribution in [2.45, 2.75) is 52.9 Å². The second kappa shape index (κ2) is 10.2. The third-order valence-corrected chi connectivity index (χ3v) is 4.51. The highest BCUT2D eigenvalue weighted by molar-refractivity contribution is 5.92. The topological polar surface area (TPSA) is 76.1 Å². The molecule has 0 atom stereocenters. The van der Waals surface area contributed by atoms with Crippen LogP contribution in [0.15, 0.2) is 24.3 Å². The Bertz CT molecular complexity index is 777. The molecule has 0 bridgehead atoms. The van der Waals surface area contributed by atoms with Gasteiger partial charge in [-0.1, -0.05) is 45.9 Å². The Labute approximate surface area is 168 Å². The maximum Gasteiger partial charge on any atom is 0.270 e. The quantitative estimate of drug-likeness (QED) is 0.621. The molecule has 0 saturated carbocycles. The number of methoxy groups -OCH3 is 1. The minimum absolute atomic E-state index is 0.203. The minimum Gasteiger partial charge on any atom is -0.385 e. The smallest absolute Gasteiger partial charge is 0.270 e. The first kappa shape index (κ1) is 21.8. The molecule has 1 aromatic heterocycles. The van der Waals surface area contributed by atoms with Crippen molar-refractivity contribution in [1.82, 2.24) is 15.3 Å². The number of rotatable bonds is 9. The van der Waals surface area contributed by atoms with Crippen molar-refractivity contribution in [3.63, 3.8) is 0 Å². The highest BCUT2D eigenvalue weighted by Crippen LogP contribution is 2.33. The van der Waals surface area contributed by atoms with E-state index in [9.17, 15) is 4.79 Å². The molecule has 1 heterocycles. The number of aromatic nitrogens is 2. The van der Waals surface area contributed by atoms with E-state index < -0.39 is 0 Å². The molecule has 0 spiro atoms. The van der Waals surface area contributed by atoms with Crippen molar-refractivity contribution in [3.8, 4) is 0 Å². The summed E-state index contributed by atoms with van der Waals surface area (Å²) in [6, 6.07) is 8.04. The zero-order valence-electron chi connectivity index (χ0n) is 17.8. The number of ether oxygens (including phenoxy) is 1. The van der Waals surface area contributed by atoms with Gasteiger partial charge in [-0.15, -0.1) is 0 Å². The number of hydrogen-bond donors (Lipinski definition) is 2. The summed E-state index contributed by atoms with van der Waals surface area (Å²) in [5, 5.41) is 6.27. The number of carbonyl (C=O) groups excluding carboxylic acids is 1. The normalized spacial score (nSPS) is 11.1. The van der Waals surface area contributed by atoms with E-state index in [4.69, 9.17) is 4.74 Å². The van der Waals surface area contributed by atoms with Crippen LogP contribution in [0.2, 0.25) is 0 Å². The van der Waals surface area contributed by atoms with E-state index in [0.717, 1.165) is 17.8 Å². The van der Waals surface area contributed by atoms with Crippen LogP contribution < -0.4 is 10.6 Å². The molecular weight excluding hydrogens is 352 g/mol. The third-order valence-electron chi connectivity index (χ3n) is 4.51. The van der Waals surface area contributed by atoms with Crippen LogP contribution in [0.3, 0.4) is 0 Å². The number of nitrogens with zero attached hydrogens (tertiary/aromatic N) is 2. The summed E-state index contributed by atoms with van der Waals surface area (Å²) < 4.78 is 5.01. The summed E-state index contributed by atoms with van der Waals surface area (Å²) in [5.74, 6) is 0.951. The molecule has 0 unspecified atom stereocenters. The van der Waals surface area contributed by atoms with E-state index >= 15 is 0 Å². The van der Waals surface area contributed by atoms with Gasteiger partial charge in [-0.2, -0.15) is 0 Å². The molecule has 0 aliphatic carbocycles. The number of para-hydroxylation sites is 1. The van der Waals surface area contributed by atoms with Crippen molar-refractivity contribution in [3.05, 3.63) is 46.8 Å². The molecule has 1 aromatic carbocycles. The summed E-state index contributed by atoms with van der Waals surface area (Å²) in [5.41, 5.74) is 4.56. The van der Waals surface area contributed by atoms with Gasteiger partial charge >= 0.3 is 0 Å². The summed E-state index contributed by atoms with van der Waals surface area (Å²) in [7, 11) is 1.65. The second-order valence-electron chi connectivity index (χ2n) is 7.57. The molecule has 152 valence electrons. The van der Waals surface area contributed by atoms with Crippen LogP contribution >= 0.6 is 0 Å². The number of aryl methyl sites for hydroxylation is 1. The molecular formula is C22H32N4O2. The number of benzene rings is 1. The number of nitrogens with one attached hydrogen (secondary N) is 2. The fourth-order valence-electron chi connectivity index (χ4n) is 3.06. The Morgan fingerprint density at radius 2 is 1.75 bits per heavy atom. The van der Waals surface area contributed by atoms with Crippen LogP contribution in [0.1, 0.15) is 73.3 Å². The Kier molecular flexibility index (Phi) is 7.93. The van der Waals surface area contributed by atoms with Gasteiger partial charge in [0, 0.05) is 31.6 Å². The van der Waals surface area contributed by atoms with Crippen LogP contribution in [-0.4, -0.2) is 36.1 Å². The van der Waals surface area contributed by atoms with E-state index in [-0.39, 0.29) is 5.91 Å². The zero-order valence-corrected chi connectivity index (χ0v) is 17.8. The maximum absolute atomic E-state index is 12.4. The number of anilines is 2. The van der Waals surface area contributed by atoms with Gasteiger partial charge in [0.2, 0.25) is 5.95 Å². The van der Waals surface area contributed by atoms with E-state index in [1.807, 2.05) is 6.92 Å². The lowest BCUT2D eigenvalue weighted by Gasteiger charge is -2.20. The van der Waals surface area contributed by atoms with Crippen LogP contribution in [0.5, 0.6) is 0 Å². The van der Waals surface area contributed by atoms with Gasteiger partial charge in [-0.05, 0) is 42.4 Å². The maximum atomic E-state index is 12.4. The van der Waals surface area contributed by atoms with Gasteiger partial charge in [0.15, 0.2) is 0 Å². The number of amides is 1. The zero-order chi connectivity index (χ0) is 20.7. The molecule has 0 fully saturated rings. The van der Waals surface area contributed by atoms with Gasteiger partial charge in [-0.3, -0.25) is 4.79 Å². The highest BCUT2D eigenvalue weighted by Gasteiger charge is 2.16. The van der Waals surface area contributed by atoms with Crippen molar-refractivity contribution >= 4 is 17.5 Å². The lowest BCUT2D eigenvalue weighted by molar-refractivity contribution is 0.0943. The van der Waals surface area contributed by atoms with Gasteiger partial charge in [0.1, 0.15) is 5.69 Å². The van der Waals surface area contributed by atoms with Crippen LogP contribution in [-0.2, 0) is 4.74 Å². The van der Waals surface area contributed by atoms with Gasteiger partial charge in [0.25, 0.3) is 5.91 Å². The lowest BCUT2D eigenvalue weighted by Crippen LogP contribution is -2.26. The first-order valence-electron chi connectivity index (χ1n) is 9.86. The molecule has 2 aromatic rings. The Balaban J connectivity index is 2.30. The monoisotopic (exact) mass is 384 g/mol. The lowest BCUT2D eigenvalue weighted by atomic mass is 9.93.